The summed E-state index contributed by atoms with van der Waals surface area (Å²) in [4.78, 5) is 50.2. The molecule has 10 nitrogen and oxygen atoms in total. The number of non-ortho nitro benzene ring substituents is 1. The van der Waals surface area contributed by atoms with Gasteiger partial charge in [0, 0.05) is 36.6 Å². The lowest BCUT2D eigenvalue weighted by molar-refractivity contribution is -0.384. The molecule has 3 rings (SSSR count). The fourth-order valence-electron chi connectivity index (χ4n) is 2.58. The molecule has 2 heterocycles. The van der Waals surface area contributed by atoms with Gasteiger partial charge in [-0.3, -0.25) is 19.7 Å². The first-order valence-corrected chi connectivity index (χ1v) is 7.65. The van der Waals surface area contributed by atoms with E-state index >= 15 is 0 Å². The summed E-state index contributed by atoms with van der Waals surface area (Å²) < 4.78 is 6.53. The molecule has 0 fully saturated rings. The number of aromatic nitrogens is 3. The van der Waals surface area contributed by atoms with E-state index in [9.17, 15) is 24.5 Å². The minimum atomic E-state index is -0.894. The highest BCUT2D eigenvalue weighted by Crippen LogP contribution is 2.22. The van der Waals surface area contributed by atoms with Crippen LogP contribution in [0.3, 0.4) is 0 Å². The van der Waals surface area contributed by atoms with Crippen molar-refractivity contribution < 1.29 is 14.5 Å². The maximum absolute atomic E-state index is 11.7. The van der Waals surface area contributed by atoms with Crippen LogP contribution in [0.5, 0.6) is 0 Å². The Bertz CT molecular complexity index is 1130. The number of H-pyrrole nitrogens is 2. The van der Waals surface area contributed by atoms with Gasteiger partial charge >= 0.3 is 17.1 Å². The van der Waals surface area contributed by atoms with Gasteiger partial charge < -0.3 is 19.3 Å². The van der Waals surface area contributed by atoms with Gasteiger partial charge in [-0.05, 0) is 13.0 Å². The van der Waals surface area contributed by atoms with Gasteiger partial charge in [0.1, 0.15) is 0 Å². The second-order valence-electron chi connectivity index (χ2n) is 5.49. The van der Waals surface area contributed by atoms with E-state index in [4.69, 9.17) is 4.74 Å². The van der Waals surface area contributed by atoms with Crippen LogP contribution in [0.15, 0.2) is 40.2 Å². The number of nitro groups is 1. The van der Waals surface area contributed by atoms with Crippen molar-refractivity contribution in [3.8, 4) is 0 Å². The molecule has 2 aromatic heterocycles. The van der Waals surface area contributed by atoms with Crippen LogP contribution in [-0.2, 0) is 11.3 Å². The Hall–Kier alpha value is -3.21. The number of ether oxygens (including phenoxy) is 1. The van der Waals surface area contributed by atoms with Gasteiger partial charge in [0.25, 0.3) is 5.69 Å². The number of benzene rings is 1. The second kappa shape index (κ2) is 7.99. The van der Waals surface area contributed by atoms with Gasteiger partial charge in [-0.15, -0.1) is 17.0 Å². The van der Waals surface area contributed by atoms with Crippen molar-refractivity contribution in [3.63, 3.8) is 0 Å². The molecule has 0 saturated carbocycles. The molecule has 0 aliphatic heterocycles. The first kappa shape index (κ1) is 20.1. The zero-order valence-corrected chi connectivity index (χ0v) is 15.8. The number of carbonyl (C=O) groups is 1. The van der Waals surface area contributed by atoms with Crippen molar-refractivity contribution in [2.45, 2.75) is 13.5 Å². The molecule has 2 N–H and O–H groups in total. The van der Waals surface area contributed by atoms with Gasteiger partial charge in [0.15, 0.2) is 0 Å². The highest BCUT2D eigenvalue weighted by molar-refractivity contribution is 8.93. The molecule has 0 spiro atoms. The van der Waals surface area contributed by atoms with Crippen LogP contribution in [0, 0.1) is 10.1 Å². The SMILES string of the molecule is Br.CCOC(=O)c1ccn(Cc2cc([N+](=O)[O-])cc3[nH]c(=O)c(=O)[nH]c23)c1. The van der Waals surface area contributed by atoms with Crippen LogP contribution < -0.4 is 11.1 Å². The Balaban J connectivity index is 0.00000261. The highest BCUT2D eigenvalue weighted by atomic mass is 79.9. The number of nitrogens with one attached hydrogen (secondary N) is 2. The predicted octanol–water partition coefficient (Wildman–Crippen LogP) is 1.73. The third kappa shape index (κ3) is 4.14. The summed E-state index contributed by atoms with van der Waals surface area (Å²) in [6, 6.07) is 4.04. The number of hydrogen-bond acceptors (Lipinski definition) is 6. The van der Waals surface area contributed by atoms with Gasteiger partial charge in [-0.25, -0.2) is 4.79 Å². The van der Waals surface area contributed by atoms with Crippen LogP contribution in [0.2, 0.25) is 0 Å². The molecule has 1 aromatic carbocycles. The summed E-state index contributed by atoms with van der Waals surface area (Å²) in [5, 5.41) is 11.1. The Morgan fingerprint density at radius 2 is 1.96 bits per heavy atom. The van der Waals surface area contributed by atoms with Gasteiger partial charge in [-0.2, -0.15) is 0 Å². The van der Waals surface area contributed by atoms with Crippen LogP contribution >= 0.6 is 17.0 Å². The van der Waals surface area contributed by atoms with E-state index in [1.807, 2.05) is 0 Å². The molecule has 0 unspecified atom stereocenters. The van der Waals surface area contributed by atoms with E-state index in [0.717, 1.165) is 0 Å². The number of fused-ring (bicyclic) bond motifs is 1. The molecule has 11 heteroatoms. The zero-order chi connectivity index (χ0) is 18.8. The Labute approximate surface area is 161 Å². The summed E-state index contributed by atoms with van der Waals surface area (Å²) in [6.45, 7) is 2.08. The number of esters is 1. The molecule has 0 radical (unpaired) electrons. The Kier molecular flexibility index (Phi) is 5.95. The lowest BCUT2D eigenvalue weighted by Gasteiger charge is -2.08. The van der Waals surface area contributed by atoms with E-state index in [1.165, 1.54) is 18.3 Å². The topological polar surface area (TPSA) is 140 Å². The van der Waals surface area contributed by atoms with E-state index in [2.05, 4.69) is 9.97 Å². The summed E-state index contributed by atoms with van der Waals surface area (Å²) >= 11 is 0. The minimum Gasteiger partial charge on any atom is -0.462 e. The molecule has 0 bridgehead atoms. The van der Waals surface area contributed by atoms with Crippen molar-refractivity contribution in [3.05, 3.63) is 72.5 Å². The van der Waals surface area contributed by atoms with Gasteiger partial charge in [-0.1, -0.05) is 0 Å². The normalized spacial score (nSPS) is 10.4. The number of carbonyl (C=O) groups excluding carboxylic acids is 1. The average Bonchev–Trinajstić information content (AvgIpc) is 3.05. The first-order chi connectivity index (χ1) is 12.4. The summed E-state index contributed by atoms with van der Waals surface area (Å²) in [7, 11) is 0. The lowest BCUT2D eigenvalue weighted by atomic mass is 10.1. The fraction of sp³-hybridized carbons (Fsp3) is 0.188. The van der Waals surface area contributed by atoms with Gasteiger partial charge in [0.2, 0.25) is 0 Å². The smallest absolute Gasteiger partial charge is 0.339 e. The van der Waals surface area contributed by atoms with Crippen molar-refractivity contribution >= 4 is 39.7 Å². The second-order valence-corrected chi connectivity index (χ2v) is 5.49. The third-order valence-electron chi connectivity index (χ3n) is 3.72. The molecule has 0 aliphatic rings. The lowest BCUT2D eigenvalue weighted by Crippen LogP contribution is -2.29. The maximum atomic E-state index is 11.7. The van der Waals surface area contributed by atoms with Gasteiger partial charge in [0.05, 0.1) is 28.1 Å². The summed E-state index contributed by atoms with van der Waals surface area (Å²) in [6.07, 6.45) is 3.15. The molecule has 27 heavy (non-hydrogen) atoms. The van der Waals surface area contributed by atoms with Crippen molar-refractivity contribution in [2.24, 2.45) is 0 Å². The van der Waals surface area contributed by atoms with Crippen molar-refractivity contribution in [2.75, 3.05) is 6.61 Å². The summed E-state index contributed by atoms with van der Waals surface area (Å²) in [5.74, 6) is -0.479. The first-order valence-electron chi connectivity index (χ1n) is 7.65. The van der Waals surface area contributed by atoms with E-state index in [0.29, 0.717) is 11.1 Å². The van der Waals surface area contributed by atoms with E-state index < -0.39 is 22.0 Å². The zero-order valence-electron chi connectivity index (χ0n) is 14.1. The number of aromatic amines is 2. The highest BCUT2D eigenvalue weighted by Gasteiger charge is 2.15. The third-order valence-corrected chi connectivity index (χ3v) is 3.72. The van der Waals surface area contributed by atoms with Crippen LogP contribution in [0.25, 0.3) is 11.0 Å². The number of halogens is 1. The van der Waals surface area contributed by atoms with Crippen molar-refractivity contribution in [1.82, 2.24) is 14.5 Å². The number of nitrogens with zero attached hydrogens (tertiary/aromatic N) is 2. The maximum Gasteiger partial charge on any atom is 0.339 e. The molecule has 0 saturated heterocycles. The molecular formula is C16H15BrN4O6. The molecule has 0 atom stereocenters. The molecule has 142 valence electrons. The summed E-state index contributed by atoms with van der Waals surface area (Å²) in [5.41, 5.74) is -0.796. The fourth-order valence-corrected chi connectivity index (χ4v) is 2.58. The van der Waals surface area contributed by atoms with E-state index in [1.54, 1.807) is 23.8 Å². The minimum absolute atomic E-state index is 0. The molecular weight excluding hydrogens is 424 g/mol. The van der Waals surface area contributed by atoms with Crippen molar-refractivity contribution in [1.29, 1.82) is 0 Å². The standard InChI is InChI=1S/C16H14N4O6.BrH/c1-2-26-16(23)9-3-4-19(7-9)8-10-5-11(20(24)25)6-12-13(10)18-15(22)14(21)17-12;/h3-7H,2,8H2,1H3,(H,17,21)(H,18,22);1H. The number of rotatable bonds is 5. The Morgan fingerprint density at radius 3 is 2.63 bits per heavy atom. The predicted molar refractivity (Wildman–Crippen MR) is 102 cm³/mol. The number of nitro benzene ring substituents is 1. The number of hydrogen-bond donors (Lipinski definition) is 2. The van der Waals surface area contributed by atoms with Crippen LogP contribution in [0.1, 0.15) is 22.8 Å². The van der Waals surface area contributed by atoms with Crippen LogP contribution in [0.4, 0.5) is 5.69 Å². The quantitative estimate of drug-likeness (QED) is 0.269. The Morgan fingerprint density at radius 1 is 1.26 bits per heavy atom. The average molecular weight is 439 g/mol. The molecule has 0 aliphatic carbocycles. The van der Waals surface area contributed by atoms with Crippen LogP contribution in [-0.4, -0.2) is 32.0 Å². The van der Waals surface area contributed by atoms with E-state index in [-0.39, 0.29) is 46.9 Å². The monoisotopic (exact) mass is 438 g/mol. The molecule has 3 aromatic rings. The molecule has 0 amide bonds. The largest absolute Gasteiger partial charge is 0.462 e.